The van der Waals surface area contributed by atoms with E-state index in [9.17, 15) is 13.2 Å². The van der Waals surface area contributed by atoms with Gasteiger partial charge in [-0.3, -0.25) is 0 Å². The molecule has 27 heavy (non-hydrogen) atoms. The zero-order valence-corrected chi connectivity index (χ0v) is 16.2. The molecule has 1 heterocycles. The maximum Gasteiger partial charge on any atom is 0.339 e. The molecular weight excluding hydrogens is 364 g/mol. The van der Waals surface area contributed by atoms with E-state index in [1.807, 2.05) is 47.4 Å². The number of carbonyl (C=O) groups is 1. The first-order valence-corrected chi connectivity index (χ1v) is 10.6. The lowest BCUT2D eigenvalue weighted by Crippen LogP contribution is -2.49. The maximum atomic E-state index is 12.7. The number of rotatable bonds is 6. The van der Waals surface area contributed by atoms with E-state index in [2.05, 4.69) is 0 Å². The van der Waals surface area contributed by atoms with Gasteiger partial charge in [-0.25, -0.2) is 13.2 Å². The van der Waals surface area contributed by atoms with Crippen LogP contribution in [0.25, 0.3) is 0 Å². The van der Waals surface area contributed by atoms with Gasteiger partial charge in [0.15, 0.2) is 0 Å². The van der Waals surface area contributed by atoms with Crippen LogP contribution < -0.4 is 4.90 Å². The minimum atomic E-state index is -3.30. The van der Waals surface area contributed by atoms with Crippen molar-refractivity contribution in [1.29, 1.82) is 0 Å². The van der Waals surface area contributed by atoms with Crippen LogP contribution in [-0.2, 0) is 21.2 Å². The largest absolute Gasteiger partial charge is 0.465 e. The van der Waals surface area contributed by atoms with Gasteiger partial charge in [-0.2, -0.15) is 4.31 Å². The van der Waals surface area contributed by atoms with Crippen molar-refractivity contribution in [3.05, 3.63) is 65.7 Å². The van der Waals surface area contributed by atoms with Crippen LogP contribution >= 0.6 is 0 Å². The number of para-hydroxylation sites is 1. The summed E-state index contributed by atoms with van der Waals surface area (Å²) in [6.07, 6.45) is 0.508. The molecule has 1 aliphatic rings. The topological polar surface area (TPSA) is 66.9 Å². The van der Waals surface area contributed by atoms with E-state index in [1.165, 1.54) is 7.11 Å². The molecule has 0 bridgehead atoms. The Morgan fingerprint density at radius 1 is 0.963 bits per heavy atom. The second-order valence-electron chi connectivity index (χ2n) is 6.45. The van der Waals surface area contributed by atoms with Gasteiger partial charge in [-0.05, 0) is 24.1 Å². The molecule has 144 valence electrons. The Morgan fingerprint density at radius 3 is 2.26 bits per heavy atom. The van der Waals surface area contributed by atoms with Crippen molar-refractivity contribution >= 4 is 21.7 Å². The second-order valence-corrected chi connectivity index (χ2v) is 8.53. The molecule has 2 aromatic rings. The van der Waals surface area contributed by atoms with Gasteiger partial charge in [0.1, 0.15) is 0 Å². The molecule has 6 nitrogen and oxygen atoms in total. The highest BCUT2D eigenvalue weighted by atomic mass is 32.2. The van der Waals surface area contributed by atoms with Crippen molar-refractivity contribution in [2.45, 2.75) is 6.42 Å². The number of hydrogen-bond acceptors (Lipinski definition) is 5. The summed E-state index contributed by atoms with van der Waals surface area (Å²) in [5, 5.41) is 0. The molecule has 2 aromatic carbocycles. The molecule has 1 aliphatic heterocycles. The van der Waals surface area contributed by atoms with Crippen LogP contribution in [0.3, 0.4) is 0 Å². The fourth-order valence-electron chi connectivity index (χ4n) is 3.26. The van der Waals surface area contributed by atoms with Gasteiger partial charge in [-0.1, -0.05) is 42.5 Å². The van der Waals surface area contributed by atoms with E-state index < -0.39 is 10.0 Å². The fraction of sp³-hybridized carbons (Fsp3) is 0.350. The van der Waals surface area contributed by atoms with Crippen LogP contribution in [0.2, 0.25) is 0 Å². The summed E-state index contributed by atoms with van der Waals surface area (Å²) in [6.45, 7) is 1.90. The first-order valence-electron chi connectivity index (χ1n) is 8.95. The van der Waals surface area contributed by atoms with Crippen molar-refractivity contribution < 1.29 is 17.9 Å². The number of sulfonamides is 1. The third kappa shape index (κ3) is 4.67. The Bertz CT molecular complexity index is 876. The lowest BCUT2D eigenvalue weighted by atomic mass is 10.1. The number of methoxy groups -OCH3 is 1. The molecule has 1 saturated heterocycles. The molecule has 0 unspecified atom stereocenters. The summed E-state index contributed by atoms with van der Waals surface area (Å²) >= 11 is 0. The van der Waals surface area contributed by atoms with Gasteiger partial charge >= 0.3 is 5.97 Å². The van der Waals surface area contributed by atoms with Gasteiger partial charge < -0.3 is 9.64 Å². The highest BCUT2D eigenvalue weighted by Gasteiger charge is 2.28. The Morgan fingerprint density at radius 2 is 1.59 bits per heavy atom. The standard InChI is InChI=1S/C20H24N2O4S/c1-26-20(23)18-9-5-6-10-19(18)21-12-14-22(15-13-21)27(24,25)16-11-17-7-3-2-4-8-17/h2-10H,11-16H2,1H3. The molecule has 0 saturated carbocycles. The van der Waals surface area contributed by atoms with E-state index in [4.69, 9.17) is 4.74 Å². The summed E-state index contributed by atoms with van der Waals surface area (Å²) in [5.74, 6) is -0.279. The average molecular weight is 388 g/mol. The zero-order chi connectivity index (χ0) is 19.3. The SMILES string of the molecule is COC(=O)c1ccccc1N1CCN(S(=O)(=O)CCc2ccccc2)CC1. The number of piperazine rings is 1. The summed E-state index contributed by atoms with van der Waals surface area (Å²) < 4.78 is 31.7. The van der Waals surface area contributed by atoms with E-state index in [-0.39, 0.29) is 11.7 Å². The lowest BCUT2D eigenvalue weighted by molar-refractivity contribution is 0.0601. The zero-order valence-electron chi connectivity index (χ0n) is 15.4. The number of ether oxygens (including phenoxy) is 1. The Hall–Kier alpha value is -2.38. The Balaban J connectivity index is 1.62. The van der Waals surface area contributed by atoms with Crippen LogP contribution in [0.5, 0.6) is 0 Å². The third-order valence-electron chi connectivity index (χ3n) is 4.77. The molecular formula is C20H24N2O4S. The number of esters is 1. The molecule has 0 spiro atoms. The van der Waals surface area contributed by atoms with Gasteiger partial charge in [-0.15, -0.1) is 0 Å². The number of nitrogens with zero attached hydrogens (tertiary/aromatic N) is 2. The molecule has 3 rings (SSSR count). The quantitative estimate of drug-likeness (QED) is 0.710. The van der Waals surface area contributed by atoms with Crippen molar-refractivity contribution in [3.8, 4) is 0 Å². The maximum absolute atomic E-state index is 12.7. The highest BCUT2D eigenvalue weighted by molar-refractivity contribution is 7.89. The number of hydrogen-bond donors (Lipinski definition) is 0. The molecule has 0 N–H and O–H groups in total. The molecule has 1 fully saturated rings. The Kier molecular flexibility index (Phi) is 6.13. The first-order chi connectivity index (χ1) is 13.0. The summed E-state index contributed by atoms with van der Waals surface area (Å²) in [5.41, 5.74) is 2.30. The Labute approximate surface area is 160 Å². The van der Waals surface area contributed by atoms with Crippen LogP contribution in [0, 0.1) is 0 Å². The predicted octanol–water partition coefficient (Wildman–Crippen LogP) is 2.17. The average Bonchev–Trinajstić information content (AvgIpc) is 2.72. The minimum absolute atomic E-state index is 0.107. The van der Waals surface area contributed by atoms with E-state index in [1.54, 1.807) is 16.4 Å². The van der Waals surface area contributed by atoms with Gasteiger partial charge in [0.25, 0.3) is 0 Å². The molecule has 0 aliphatic carbocycles. The van der Waals surface area contributed by atoms with E-state index in [0.717, 1.165) is 11.3 Å². The fourth-order valence-corrected chi connectivity index (χ4v) is 4.73. The molecule has 7 heteroatoms. The molecule has 0 aromatic heterocycles. The van der Waals surface area contributed by atoms with Crippen LogP contribution in [0.4, 0.5) is 5.69 Å². The number of anilines is 1. The summed E-state index contributed by atoms with van der Waals surface area (Å²) in [7, 11) is -1.95. The van der Waals surface area contributed by atoms with Gasteiger partial charge in [0, 0.05) is 26.2 Å². The van der Waals surface area contributed by atoms with Crippen LogP contribution in [0.1, 0.15) is 15.9 Å². The number of benzene rings is 2. The third-order valence-corrected chi connectivity index (χ3v) is 6.65. The molecule has 0 radical (unpaired) electrons. The summed E-state index contributed by atoms with van der Waals surface area (Å²) in [4.78, 5) is 14.0. The van der Waals surface area contributed by atoms with Crippen molar-refractivity contribution in [2.75, 3.05) is 43.9 Å². The number of carbonyl (C=O) groups excluding carboxylic acids is 1. The highest BCUT2D eigenvalue weighted by Crippen LogP contribution is 2.23. The lowest BCUT2D eigenvalue weighted by Gasteiger charge is -2.36. The van der Waals surface area contributed by atoms with Gasteiger partial charge in [0.2, 0.25) is 10.0 Å². The van der Waals surface area contributed by atoms with E-state index >= 15 is 0 Å². The van der Waals surface area contributed by atoms with Crippen LogP contribution in [0.15, 0.2) is 54.6 Å². The second kappa shape index (κ2) is 8.54. The predicted molar refractivity (Wildman–Crippen MR) is 106 cm³/mol. The van der Waals surface area contributed by atoms with Crippen molar-refractivity contribution in [1.82, 2.24) is 4.31 Å². The van der Waals surface area contributed by atoms with Crippen molar-refractivity contribution in [2.24, 2.45) is 0 Å². The number of aryl methyl sites for hydroxylation is 1. The van der Waals surface area contributed by atoms with E-state index in [0.29, 0.717) is 38.2 Å². The summed E-state index contributed by atoms with van der Waals surface area (Å²) in [6, 6.07) is 16.9. The van der Waals surface area contributed by atoms with Crippen molar-refractivity contribution in [3.63, 3.8) is 0 Å². The monoisotopic (exact) mass is 388 g/mol. The first kappa shape index (κ1) is 19.4. The molecule has 0 amide bonds. The van der Waals surface area contributed by atoms with Gasteiger partial charge in [0.05, 0.1) is 24.1 Å². The van der Waals surface area contributed by atoms with Crippen LogP contribution in [-0.4, -0.2) is 57.7 Å². The molecule has 0 atom stereocenters. The normalized spacial score (nSPS) is 15.5. The smallest absolute Gasteiger partial charge is 0.339 e. The minimum Gasteiger partial charge on any atom is -0.465 e.